The van der Waals surface area contributed by atoms with Crippen LogP contribution in [-0.2, 0) is 19.6 Å². The van der Waals surface area contributed by atoms with E-state index in [1.165, 1.54) is 16.5 Å². The molecule has 0 aliphatic rings. The van der Waals surface area contributed by atoms with Gasteiger partial charge < -0.3 is 10.1 Å². The zero-order valence-corrected chi connectivity index (χ0v) is 15.4. The zero-order valence-electron chi connectivity index (χ0n) is 13.8. The molecule has 25 heavy (non-hydrogen) atoms. The van der Waals surface area contributed by atoms with Crippen molar-refractivity contribution in [2.75, 3.05) is 6.54 Å². The number of thiophene rings is 1. The summed E-state index contributed by atoms with van der Waals surface area (Å²) in [5.74, 6) is 0.741. The Hall–Kier alpha value is -1.88. The van der Waals surface area contributed by atoms with E-state index in [0.717, 1.165) is 24.4 Å². The van der Waals surface area contributed by atoms with E-state index in [4.69, 9.17) is 4.74 Å². The van der Waals surface area contributed by atoms with Gasteiger partial charge in [-0.2, -0.15) is 0 Å². The summed E-state index contributed by atoms with van der Waals surface area (Å²) in [4.78, 5) is 1.22. The van der Waals surface area contributed by atoms with Gasteiger partial charge in [-0.05, 0) is 53.7 Å². The average Bonchev–Trinajstić information content (AvgIpc) is 3.13. The van der Waals surface area contributed by atoms with Crippen molar-refractivity contribution in [2.45, 2.75) is 19.6 Å². The van der Waals surface area contributed by atoms with Gasteiger partial charge in [-0.3, -0.25) is 0 Å². The Labute approximate surface area is 158 Å². The van der Waals surface area contributed by atoms with Gasteiger partial charge in [0.2, 0.25) is 0 Å². The third-order valence-electron chi connectivity index (χ3n) is 3.74. The lowest BCUT2D eigenvalue weighted by Crippen LogP contribution is -2.17. The SMILES string of the molecule is Cl.Fc1ccccc1CCNCc1ccc(OCc2cccs2)cc1. The first kappa shape index (κ1) is 19.4. The fourth-order valence-corrected chi connectivity index (χ4v) is 3.03. The fourth-order valence-electron chi connectivity index (χ4n) is 2.41. The molecule has 0 bridgehead atoms. The summed E-state index contributed by atoms with van der Waals surface area (Å²) in [5, 5.41) is 5.40. The van der Waals surface area contributed by atoms with Crippen LogP contribution in [0.5, 0.6) is 5.75 Å². The summed E-state index contributed by atoms with van der Waals surface area (Å²) < 4.78 is 19.3. The van der Waals surface area contributed by atoms with E-state index in [1.807, 2.05) is 30.3 Å². The molecule has 0 atom stereocenters. The van der Waals surface area contributed by atoms with E-state index in [-0.39, 0.29) is 18.2 Å². The molecule has 0 unspecified atom stereocenters. The Morgan fingerprint density at radius 2 is 1.76 bits per heavy atom. The van der Waals surface area contributed by atoms with Gasteiger partial charge in [-0.15, -0.1) is 23.7 Å². The molecule has 3 aromatic rings. The van der Waals surface area contributed by atoms with Crippen molar-refractivity contribution in [3.05, 3.63) is 87.9 Å². The third kappa shape index (κ3) is 6.16. The number of halogens is 2. The highest BCUT2D eigenvalue weighted by molar-refractivity contribution is 7.09. The molecule has 5 heteroatoms. The number of ether oxygens (including phenoxy) is 1. The Balaban J connectivity index is 0.00000225. The van der Waals surface area contributed by atoms with Crippen molar-refractivity contribution in [2.24, 2.45) is 0 Å². The van der Waals surface area contributed by atoms with E-state index in [9.17, 15) is 4.39 Å². The predicted octanol–water partition coefficient (Wildman–Crippen LogP) is 5.22. The van der Waals surface area contributed by atoms with Gasteiger partial charge >= 0.3 is 0 Å². The Bertz CT molecular complexity index is 747. The third-order valence-corrected chi connectivity index (χ3v) is 4.59. The molecule has 0 radical (unpaired) electrons. The molecule has 0 spiro atoms. The summed E-state index contributed by atoms with van der Waals surface area (Å²) in [5.41, 5.74) is 1.94. The van der Waals surface area contributed by atoms with Gasteiger partial charge in [0.25, 0.3) is 0 Å². The Morgan fingerprint density at radius 3 is 2.48 bits per heavy atom. The zero-order chi connectivity index (χ0) is 16.6. The molecule has 0 amide bonds. The monoisotopic (exact) mass is 377 g/mol. The predicted molar refractivity (Wildman–Crippen MR) is 104 cm³/mol. The second-order valence-electron chi connectivity index (χ2n) is 5.53. The van der Waals surface area contributed by atoms with Crippen molar-refractivity contribution >= 4 is 23.7 Å². The van der Waals surface area contributed by atoms with Crippen LogP contribution in [0.1, 0.15) is 16.0 Å². The molecule has 0 saturated heterocycles. The summed E-state index contributed by atoms with van der Waals surface area (Å²) in [7, 11) is 0. The molecule has 1 aromatic heterocycles. The van der Waals surface area contributed by atoms with E-state index in [0.29, 0.717) is 13.0 Å². The number of rotatable bonds is 8. The molecule has 132 valence electrons. The minimum Gasteiger partial charge on any atom is -0.488 e. The largest absolute Gasteiger partial charge is 0.488 e. The topological polar surface area (TPSA) is 21.3 Å². The molecule has 0 fully saturated rings. The normalized spacial score (nSPS) is 10.3. The molecule has 0 saturated carbocycles. The van der Waals surface area contributed by atoms with Crippen LogP contribution in [0.15, 0.2) is 66.0 Å². The second kappa shape index (κ2) is 10.2. The first-order chi connectivity index (χ1) is 11.8. The minimum atomic E-state index is -0.133. The van der Waals surface area contributed by atoms with Crippen LogP contribution in [-0.4, -0.2) is 6.54 Å². The molecule has 3 rings (SSSR count). The number of hydrogen-bond donors (Lipinski definition) is 1. The summed E-state index contributed by atoms with van der Waals surface area (Å²) >= 11 is 1.70. The van der Waals surface area contributed by atoms with Crippen LogP contribution in [0.25, 0.3) is 0 Å². The quantitative estimate of drug-likeness (QED) is 0.543. The molecule has 2 nitrogen and oxygen atoms in total. The summed E-state index contributed by atoms with van der Waals surface area (Å²) in [6.45, 7) is 2.12. The van der Waals surface area contributed by atoms with Crippen molar-refractivity contribution in [1.82, 2.24) is 5.32 Å². The van der Waals surface area contributed by atoms with Crippen molar-refractivity contribution in [3.8, 4) is 5.75 Å². The van der Waals surface area contributed by atoms with Crippen molar-refractivity contribution < 1.29 is 9.13 Å². The Morgan fingerprint density at radius 1 is 0.960 bits per heavy atom. The fraction of sp³-hybridized carbons (Fsp3) is 0.200. The lowest BCUT2D eigenvalue weighted by Gasteiger charge is -2.08. The van der Waals surface area contributed by atoms with Crippen LogP contribution >= 0.6 is 23.7 Å². The van der Waals surface area contributed by atoms with Crippen molar-refractivity contribution in [1.29, 1.82) is 0 Å². The number of hydrogen-bond acceptors (Lipinski definition) is 3. The molecule has 1 heterocycles. The van der Waals surface area contributed by atoms with Gasteiger partial charge in [0.15, 0.2) is 0 Å². The first-order valence-electron chi connectivity index (χ1n) is 7.99. The van der Waals surface area contributed by atoms with Crippen LogP contribution in [0.4, 0.5) is 4.39 Å². The Kier molecular flexibility index (Phi) is 7.92. The minimum absolute atomic E-state index is 0. The van der Waals surface area contributed by atoms with Crippen LogP contribution in [0.3, 0.4) is 0 Å². The van der Waals surface area contributed by atoms with Crippen LogP contribution in [0.2, 0.25) is 0 Å². The maximum absolute atomic E-state index is 13.5. The number of benzene rings is 2. The highest BCUT2D eigenvalue weighted by Gasteiger charge is 2.01. The standard InChI is InChI=1S/C20H20FNOS.ClH/c21-20-6-2-1-4-17(20)11-12-22-14-16-7-9-18(10-8-16)23-15-19-5-3-13-24-19;/h1-10,13,22H,11-12,14-15H2;1H. The summed E-state index contributed by atoms with van der Waals surface area (Å²) in [6.07, 6.45) is 0.689. The lowest BCUT2D eigenvalue weighted by atomic mass is 10.1. The molecule has 2 aromatic carbocycles. The molecular formula is C20H21ClFNOS. The maximum atomic E-state index is 13.5. The van der Waals surface area contributed by atoms with Crippen molar-refractivity contribution in [3.63, 3.8) is 0 Å². The van der Waals surface area contributed by atoms with E-state index >= 15 is 0 Å². The van der Waals surface area contributed by atoms with E-state index < -0.39 is 0 Å². The van der Waals surface area contributed by atoms with E-state index in [2.05, 4.69) is 28.9 Å². The highest BCUT2D eigenvalue weighted by Crippen LogP contribution is 2.16. The molecular weight excluding hydrogens is 357 g/mol. The molecule has 0 aliphatic heterocycles. The van der Waals surface area contributed by atoms with Crippen LogP contribution < -0.4 is 10.1 Å². The smallest absolute Gasteiger partial charge is 0.126 e. The molecule has 0 aliphatic carbocycles. The lowest BCUT2D eigenvalue weighted by molar-refractivity contribution is 0.309. The van der Waals surface area contributed by atoms with Crippen LogP contribution in [0, 0.1) is 5.82 Å². The van der Waals surface area contributed by atoms with Gasteiger partial charge in [-0.1, -0.05) is 36.4 Å². The van der Waals surface area contributed by atoms with Gasteiger partial charge in [0, 0.05) is 11.4 Å². The van der Waals surface area contributed by atoms with Gasteiger partial charge in [0.05, 0.1) is 0 Å². The van der Waals surface area contributed by atoms with E-state index in [1.54, 1.807) is 17.4 Å². The molecule has 1 N–H and O–H groups in total. The summed E-state index contributed by atoms with van der Waals surface area (Å²) in [6, 6.07) is 19.1. The first-order valence-corrected chi connectivity index (χ1v) is 8.87. The maximum Gasteiger partial charge on any atom is 0.126 e. The number of nitrogens with one attached hydrogen (secondary N) is 1. The van der Waals surface area contributed by atoms with Gasteiger partial charge in [-0.25, -0.2) is 4.39 Å². The highest BCUT2D eigenvalue weighted by atomic mass is 35.5. The van der Waals surface area contributed by atoms with Gasteiger partial charge in [0.1, 0.15) is 18.2 Å². The average molecular weight is 378 g/mol. The second-order valence-corrected chi connectivity index (χ2v) is 6.56.